The summed E-state index contributed by atoms with van der Waals surface area (Å²) < 4.78 is 13.2. The van der Waals surface area contributed by atoms with E-state index in [-0.39, 0.29) is 11.6 Å². The summed E-state index contributed by atoms with van der Waals surface area (Å²) in [7, 11) is 0. The zero-order valence-corrected chi connectivity index (χ0v) is 11.6. The Kier molecular flexibility index (Phi) is 6.13. The molecule has 0 heterocycles. The molecule has 0 fully saturated rings. The van der Waals surface area contributed by atoms with Crippen LogP contribution in [0.15, 0.2) is 18.2 Å². The molecule has 0 spiro atoms. The van der Waals surface area contributed by atoms with Crippen LogP contribution in [0.5, 0.6) is 5.75 Å². The van der Waals surface area contributed by atoms with Crippen molar-refractivity contribution in [3.63, 3.8) is 0 Å². The smallest absolute Gasteiger partial charge is 0.123 e. The van der Waals surface area contributed by atoms with Crippen LogP contribution in [-0.4, -0.2) is 22.6 Å². The van der Waals surface area contributed by atoms with Crippen LogP contribution in [0.4, 0.5) is 4.39 Å². The van der Waals surface area contributed by atoms with Gasteiger partial charge in [-0.2, -0.15) is 0 Å². The van der Waals surface area contributed by atoms with Crippen LogP contribution in [0.3, 0.4) is 0 Å². The van der Waals surface area contributed by atoms with Gasteiger partial charge < -0.3 is 5.11 Å². The van der Waals surface area contributed by atoms with E-state index in [2.05, 4.69) is 25.7 Å². The second-order valence-electron chi connectivity index (χ2n) is 5.04. The summed E-state index contributed by atoms with van der Waals surface area (Å²) in [5, 5.41) is 9.74. The minimum Gasteiger partial charge on any atom is -0.508 e. The van der Waals surface area contributed by atoms with Crippen LogP contribution in [0.2, 0.25) is 0 Å². The van der Waals surface area contributed by atoms with Crippen LogP contribution in [0, 0.1) is 5.82 Å². The van der Waals surface area contributed by atoms with Crippen molar-refractivity contribution in [1.82, 2.24) is 4.90 Å². The van der Waals surface area contributed by atoms with Gasteiger partial charge in [0.1, 0.15) is 11.6 Å². The summed E-state index contributed by atoms with van der Waals surface area (Å²) in [4.78, 5) is 2.27. The maximum atomic E-state index is 13.2. The third-order valence-electron chi connectivity index (χ3n) is 3.19. The Balaban J connectivity index is 2.67. The maximum absolute atomic E-state index is 13.2. The monoisotopic (exact) mass is 253 g/mol. The summed E-state index contributed by atoms with van der Waals surface area (Å²) >= 11 is 0. The summed E-state index contributed by atoms with van der Waals surface area (Å²) in [6, 6.07) is 4.53. The number of hydrogen-bond acceptors (Lipinski definition) is 2. The lowest BCUT2D eigenvalue weighted by atomic mass is 10.1. The molecule has 1 N–H and O–H groups in total. The molecule has 0 aliphatic heterocycles. The fraction of sp³-hybridized carbons (Fsp3) is 0.600. The molecule has 0 aliphatic carbocycles. The molecule has 0 aliphatic rings. The number of phenols is 1. The number of unbranched alkanes of at least 4 members (excludes halogenated alkanes) is 2. The number of hydrogen-bond donors (Lipinski definition) is 1. The van der Waals surface area contributed by atoms with Gasteiger partial charge in [-0.25, -0.2) is 4.39 Å². The van der Waals surface area contributed by atoms with Crippen LogP contribution in [0.1, 0.15) is 45.6 Å². The predicted octanol–water partition coefficient (Wildman–Crippen LogP) is 3.93. The highest BCUT2D eigenvalue weighted by molar-refractivity contribution is 5.32. The highest BCUT2D eigenvalue weighted by atomic mass is 19.1. The van der Waals surface area contributed by atoms with Crippen molar-refractivity contribution in [3.8, 4) is 5.75 Å². The van der Waals surface area contributed by atoms with Crippen molar-refractivity contribution in [1.29, 1.82) is 0 Å². The van der Waals surface area contributed by atoms with Crippen molar-refractivity contribution in [2.24, 2.45) is 0 Å². The normalized spacial score (nSPS) is 11.4. The lowest BCUT2D eigenvalue weighted by Crippen LogP contribution is -2.31. The van der Waals surface area contributed by atoms with E-state index in [0.717, 1.165) is 13.0 Å². The van der Waals surface area contributed by atoms with Crippen molar-refractivity contribution in [2.45, 2.75) is 52.6 Å². The summed E-state index contributed by atoms with van der Waals surface area (Å²) in [5.74, 6) is -0.113. The molecular weight excluding hydrogens is 229 g/mol. The number of phenolic OH excluding ortho intramolecular Hbond substituents is 1. The van der Waals surface area contributed by atoms with Crippen LogP contribution < -0.4 is 0 Å². The molecule has 102 valence electrons. The van der Waals surface area contributed by atoms with Gasteiger partial charge in [0.25, 0.3) is 0 Å². The first-order chi connectivity index (χ1) is 8.54. The van der Waals surface area contributed by atoms with Gasteiger partial charge in [0, 0.05) is 18.2 Å². The minimum absolute atomic E-state index is 0.178. The van der Waals surface area contributed by atoms with E-state index in [0.29, 0.717) is 18.2 Å². The van der Waals surface area contributed by atoms with Crippen LogP contribution >= 0.6 is 0 Å². The average molecular weight is 253 g/mol. The molecule has 2 nitrogen and oxygen atoms in total. The molecule has 0 atom stereocenters. The molecule has 0 radical (unpaired) electrons. The van der Waals surface area contributed by atoms with E-state index in [1.807, 2.05) is 0 Å². The van der Waals surface area contributed by atoms with Crippen LogP contribution in [0.25, 0.3) is 0 Å². The van der Waals surface area contributed by atoms with Gasteiger partial charge in [0.05, 0.1) is 0 Å². The topological polar surface area (TPSA) is 23.5 Å². The lowest BCUT2D eigenvalue weighted by Gasteiger charge is -2.26. The average Bonchev–Trinajstić information content (AvgIpc) is 2.32. The highest BCUT2D eigenvalue weighted by Crippen LogP contribution is 2.21. The predicted molar refractivity (Wildman–Crippen MR) is 73.1 cm³/mol. The van der Waals surface area contributed by atoms with Crippen molar-refractivity contribution < 1.29 is 9.50 Å². The van der Waals surface area contributed by atoms with Gasteiger partial charge in [-0.3, -0.25) is 4.90 Å². The molecule has 0 saturated heterocycles. The first-order valence-electron chi connectivity index (χ1n) is 6.76. The molecule has 3 heteroatoms. The number of halogens is 1. The van der Waals surface area contributed by atoms with Gasteiger partial charge in [-0.1, -0.05) is 19.8 Å². The Morgan fingerprint density at radius 1 is 1.28 bits per heavy atom. The van der Waals surface area contributed by atoms with Crippen molar-refractivity contribution in [3.05, 3.63) is 29.6 Å². The van der Waals surface area contributed by atoms with E-state index in [9.17, 15) is 9.50 Å². The minimum atomic E-state index is -0.292. The van der Waals surface area contributed by atoms with Crippen molar-refractivity contribution in [2.75, 3.05) is 6.54 Å². The third kappa shape index (κ3) is 4.65. The molecule has 0 aromatic heterocycles. The number of aromatic hydroxyl groups is 1. The fourth-order valence-electron chi connectivity index (χ4n) is 1.98. The number of rotatable bonds is 7. The van der Waals surface area contributed by atoms with E-state index in [1.165, 1.54) is 31.0 Å². The molecule has 1 aromatic rings. The Morgan fingerprint density at radius 2 is 2.00 bits per heavy atom. The van der Waals surface area contributed by atoms with Crippen LogP contribution in [-0.2, 0) is 6.54 Å². The zero-order valence-electron chi connectivity index (χ0n) is 11.6. The Hall–Kier alpha value is -1.09. The largest absolute Gasteiger partial charge is 0.508 e. The first-order valence-corrected chi connectivity index (χ1v) is 6.76. The second-order valence-corrected chi connectivity index (χ2v) is 5.04. The Morgan fingerprint density at radius 3 is 2.61 bits per heavy atom. The zero-order chi connectivity index (χ0) is 13.5. The van der Waals surface area contributed by atoms with Gasteiger partial charge in [0.2, 0.25) is 0 Å². The van der Waals surface area contributed by atoms with Gasteiger partial charge in [-0.15, -0.1) is 0 Å². The molecule has 1 aromatic carbocycles. The SMILES string of the molecule is CCCCCN(Cc1cc(F)ccc1O)C(C)C. The molecule has 0 amide bonds. The third-order valence-corrected chi connectivity index (χ3v) is 3.19. The van der Waals surface area contributed by atoms with E-state index in [4.69, 9.17) is 0 Å². The molecule has 0 bridgehead atoms. The molecule has 0 unspecified atom stereocenters. The lowest BCUT2D eigenvalue weighted by molar-refractivity contribution is 0.206. The Labute approximate surface area is 109 Å². The standard InChI is InChI=1S/C15H24FNO/c1-4-5-6-9-17(12(2)3)11-13-10-14(16)7-8-15(13)18/h7-8,10,12,18H,4-6,9,11H2,1-3H3. The van der Waals surface area contributed by atoms with E-state index < -0.39 is 0 Å². The van der Waals surface area contributed by atoms with Crippen molar-refractivity contribution >= 4 is 0 Å². The Bertz CT molecular complexity index is 366. The summed E-state index contributed by atoms with van der Waals surface area (Å²) in [6.07, 6.45) is 3.54. The molecule has 18 heavy (non-hydrogen) atoms. The van der Waals surface area contributed by atoms with Gasteiger partial charge in [0.15, 0.2) is 0 Å². The molecule has 0 saturated carbocycles. The van der Waals surface area contributed by atoms with Gasteiger partial charge >= 0.3 is 0 Å². The summed E-state index contributed by atoms with van der Waals surface area (Å²) in [5.41, 5.74) is 0.667. The quantitative estimate of drug-likeness (QED) is 0.744. The van der Waals surface area contributed by atoms with E-state index in [1.54, 1.807) is 0 Å². The summed E-state index contributed by atoms with van der Waals surface area (Å²) in [6.45, 7) is 8.02. The number of nitrogens with zero attached hydrogens (tertiary/aromatic N) is 1. The van der Waals surface area contributed by atoms with Gasteiger partial charge in [-0.05, 0) is 45.0 Å². The second kappa shape index (κ2) is 7.37. The molecular formula is C15H24FNO. The highest BCUT2D eigenvalue weighted by Gasteiger charge is 2.12. The maximum Gasteiger partial charge on any atom is 0.123 e. The van der Waals surface area contributed by atoms with E-state index >= 15 is 0 Å². The fourth-order valence-corrected chi connectivity index (χ4v) is 1.98. The molecule has 1 rings (SSSR count). The number of benzene rings is 1. The first kappa shape index (κ1) is 15.0.